The van der Waals surface area contributed by atoms with Gasteiger partial charge in [0.1, 0.15) is 5.75 Å². The van der Waals surface area contributed by atoms with Crippen LogP contribution in [0.15, 0.2) is 36.4 Å². The molecule has 0 aromatic heterocycles. The van der Waals surface area contributed by atoms with Gasteiger partial charge >= 0.3 is 5.97 Å². The van der Waals surface area contributed by atoms with Crippen LogP contribution in [0.2, 0.25) is 0 Å². The van der Waals surface area contributed by atoms with Gasteiger partial charge in [0, 0.05) is 12.3 Å². The van der Waals surface area contributed by atoms with Crippen LogP contribution in [0.4, 0.5) is 0 Å². The van der Waals surface area contributed by atoms with E-state index < -0.39 is 11.6 Å². The smallest absolute Gasteiger partial charge is 0.339 e. The molecular formula is C16H16O4. The average molecular weight is 272 g/mol. The lowest BCUT2D eigenvalue weighted by Gasteiger charge is -2.29. The van der Waals surface area contributed by atoms with E-state index >= 15 is 0 Å². The molecule has 1 aromatic rings. The summed E-state index contributed by atoms with van der Waals surface area (Å²) in [4.78, 5) is 23.6. The minimum absolute atomic E-state index is 0.0206. The molecule has 104 valence electrons. The van der Waals surface area contributed by atoms with Crippen LogP contribution in [-0.4, -0.2) is 25.0 Å². The topological polar surface area (TPSA) is 52.6 Å². The van der Waals surface area contributed by atoms with Crippen LogP contribution < -0.4 is 4.74 Å². The lowest BCUT2D eigenvalue weighted by atomic mass is 9.89. The second-order valence-corrected chi connectivity index (χ2v) is 5.38. The standard InChI is InChI=1S/C16H16O4/c1-19-14-6-3-12(4-7-14)15(18)20-16(10-17)9-11-2-5-13(16)8-11/h2-7,10-11,13H,8-9H2,1H3. The predicted molar refractivity (Wildman–Crippen MR) is 72.6 cm³/mol. The van der Waals surface area contributed by atoms with Crippen LogP contribution in [-0.2, 0) is 9.53 Å². The maximum atomic E-state index is 12.2. The molecule has 20 heavy (non-hydrogen) atoms. The zero-order valence-corrected chi connectivity index (χ0v) is 11.2. The summed E-state index contributed by atoms with van der Waals surface area (Å²) in [6.07, 6.45) is 6.38. The van der Waals surface area contributed by atoms with Crippen molar-refractivity contribution in [3.8, 4) is 5.75 Å². The Kier molecular flexibility index (Phi) is 3.08. The zero-order chi connectivity index (χ0) is 14.2. The third-order valence-electron chi connectivity index (χ3n) is 4.19. The summed E-state index contributed by atoms with van der Waals surface area (Å²) >= 11 is 0. The van der Waals surface area contributed by atoms with Crippen molar-refractivity contribution in [2.45, 2.75) is 18.4 Å². The van der Waals surface area contributed by atoms with Gasteiger partial charge in [-0.15, -0.1) is 0 Å². The van der Waals surface area contributed by atoms with Gasteiger partial charge in [0.05, 0.1) is 12.7 Å². The summed E-state index contributed by atoms with van der Waals surface area (Å²) in [7, 11) is 1.57. The predicted octanol–water partition coefficient (Wildman–Crippen LogP) is 2.39. The summed E-state index contributed by atoms with van der Waals surface area (Å²) in [6, 6.07) is 6.68. The van der Waals surface area contributed by atoms with Gasteiger partial charge in [0.2, 0.25) is 0 Å². The fourth-order valence-corrected chi connectivity index (χ4v) is 3.08. The van der Waals surface area contributed by atoms with Crippen molar-refractivity contribution in [1.82, 2.24) is 0 Å². The molecular weight excluding hydrogens is 256 g/mol. The number of aldehydes is 1. The van der Waals surface area contributed by atoms with Crippen LogP contribution in [0.3, 0.4) is 0 Å². The van der Waals surface area contributed by atoms with Crippen LogP contribution in [0.1, 0.15) is 23.2 Å². The monoisotopic (exact) mass is 272 g/mol. The molecule has 2 aliphatic carbocycles. The molecule has 3 unspecified atom stereocenters. The lowest BCUT2D eigenvalue weighted by Crippen LogP contribution is -2.40. The fourth-order valence-electron chi connectivity index (χ4n) is 3.08. The number of rotatable bonds is 4. The van der Waals surface area contributed by atoms with Gasteiger partial charge in [-0.05, 0) is 36.6 Å². The third-order valence-corrected chi connectivity index (χ3v) is 4.19. The number of fused-ring (bicyclic) bond motifs is 2. The molecule has 4 heteroatoms. The first-order chi connectivity index (χ1) is 9.66. The molecule has 0 radical (unpaired) electrons. The molecule has 1 fully saturated rings. The molecule has 1 aromatic carbocycles. The molecule has 4 nitrogen and oxygen atoms in total. The maximum absolute atomic E-state index is 12.2. The molecule has 2 bridgehead atoms. The number of methoxy groups -OCH3 is 1. The van der Waals surface area contributed by atoms with E-state index in [0.717, 1.165) is 12.7 Å². The molecule has 3 rings (SSSR count). The highest BCUT2D eigenvalue weighted by atomic mass is 16.6. The maximum Gasteiger partial charge on any atom is 0.339 e. The van der Waals surface area contributed by atoms with E-state index in [2.05, 4.69) is 6.08 Å². The summed E-state index contributed by atoms with van der Waals surface area (Å²) in [6.45, 7) is 0. The van der Waals surface area contributed by atoms with E-state index in [9.17, 15) is 9.59 Å². The minimum Gasteiger partial charge on any atom is -0.497 e. The van der Waals surface area contributed by atoms with Crippen molar-refractivity contribution in [3.63, 3.8) is 0 Å². The Morgan fingerprint density at radius 2 is 2.05 bits per heavy atom. The van der Waals surface area contributed by atoms with E-state index in [0.29, 0.717) is 23.7 Å². The van der Waals surface area contributed by atoms with Gasteiger partial charge in [0.25, 0.3) is 0 Å². The van der Waals surface area contributed by atoms with Crippen molar-refractivity contribution in [3.05, 3.63) is 42.0 Å². The van der Waals surface area contributed by atoms with Crippen LogP contribution >= 0.6 is 0 Å². The third kappa shape index (κ3) is 2.01. The Hall–Kier alpha value is -2.10. The first-order valence-corrected chi connectivity index (χ1v) is 6.69. The van der Waals surface area contributed by atoms with E-state index in [1.807, 2.05) is 6.08 Å². The number of hydrogen-bond acceptors (Lipinski definition) is 4. The number of ether oxygens (including phenoxy) is 2. The van der Waals surface area contributed by atoms with E-state index in [4.69, 9.17) is 9.47 Å². The number of carbonyl (C=O) groups excluding carboxylic acids is 2. The number of allylic oxidation sites excluding steroid dienone is 1. The zero-order valence-electron chi connectivity index (χ0n) is 11.2. The number of esters is 1. The van der Waals surface area contributed by atoms with Crippen LogP contribution in [0.5, 0.6) is 5.75 Å². The van der Waals surface area contributed by atoms with Gasteiger partial charge in [-0.25, -0.2) is 4.79 Å². The molecule has 3 atom stereocenters. The van der Waals surface area contributed by atoms with Gasteiger partial charge in [0.15, 0.2) is 11.9 Å². The molecule has 0 heterocycles. The Labute approximate surface area is 117 Å². The highest BCUT2D eigenvalue weighted by molar-refractivity contribution is 5.91. The van der Waals surface area contributed by atoms with Crippen LogP contribution in [0.25, 0.3) is 0 Å². The van der Waals surface area contributed by atoms with Crippen LogP contribution in [0, 0.1) is 11.8 Å². The molecule has 0 aliphatic heterocycles. The first-order valence-electron chi connectivity index (χ1n) is 6.69. The molecule has 1 saturated carbocycles. The molecule has 2 aliphatic rings. The SMILES string of the molecule is COc1ccc(C(=O)OC2(C=O)CC3C=CC2C3)cc1. The highest BCUT2D eigenvalue weighted by Crippen LogP contribution is 2.47. The van der Waals surface area contributed by atoms with Gasteiger partial charge in [-0.1, -0.05) is 12.2 Å². The van der Waals surface area contributed by atoms with Crippen molar-refractivity contribution in [2.24, 2.45) is 11.8 Å². The Bertz CT molecular complexity index is 560. The number of hydrogen-bond donors (Lipinski definition) is 0. The summed E-state index contributed by atoms with van der Waals surface area (Å²) < 4.78 is 10.6. The summed E-state index contributed by atoms with van der Waals surface area (Å²) in [5.74, 6) is 0.594. The second-order valence-electron chi connectivity index (χ2n) is 5.38. The van der Waals surface area contributed by atoms with E-state index in [1.54, 1.807) is 31.4 Å². The second kappa shape index (κ2) is 4.78. The largest absolute Gasteiger partial charge is 0.497 e. The quantitative estimate of drug-likeness (QED) is 0.480. The van der Waals surface area contributed by atoms with Gasteiger partial charge in [-0.2, -0.15) is 0 Å². The van der Waals surface area contributed by atoms with Crippen molar-refractivity contribution in [1.29, 1.82) is 0 Å². The first kappa shape index (κ1) is 12.9. The summed E-state index contributed by atoms with van der Waals surface area (Å²) in [5, 5.41) is 0. The Morgan fingerprint density at radius 1 is 1.30 bits per heavy atom. The number of benzene rings is 1. The normalized spacial score (nSPS) is 30.2. The van der Waals surface area contributed by atoms with Crippen molar-refractivity contribution >= 4 is 12.3 Å². The molecule has 0 N–H and O–H groups in total. The number of carbonyl (C=O) groups is 2. The minimum atomic E-state index is -0.976. The molecule has 0 amide bonds. The average Bonchev–Trinajstić information content (AvgIpc) is 3.08. The fraction of sp³-hybridized carbons (Fsp3) is 0.375. The van der Waals surface area contributed by atoms with Gasteiger partial charge < -0.3 is 9.47 Å². The molecule has 0 spiro atoms. The summed E-state index contributed by atoms with van der Waals surface area (Å²) in [5.41, 5.74) is -0.546. The van der Waals surface area contributed by atoms with E-state index in [1.165, 1.54) is 0 Å². The molecule has 0 saturated heterocycles. The Balaban J connectivity index is 1.77. The lowest BCUT2D eigenvalue weighted by molar-refractivity contribution is -0.127. The van der Waals surface area contributed by atoms with E-state index in [-0.39, 0.29) is 5.92 Å². The Morgan fingerprint density at radius 3 is 2.55 bits per heavy atom. The van der Waals surface area contributed by atoms with Crippen molar-refractivity contribution in [2.75, 3.05) is 7.11 Å². The van der Waals surface area contributed by atoms with Crippen molar-refractivity contribution < 1.29 is 19.1 Å². The van der Waals surface area contributed by atoms with Gasteiger partial charge in [-0.3, -0.25) is 4.79 Å². The highest BCUT2D eigenvalue weighted by Gasteiger charge is 2.51.